The van der Waals surface area contributed by atoms with Crippen molar-refractivity contribution in [1.29, 1.82) is 0 Å². The van der Waals surface area contributed by atoms with Gasteiger partial charge in [-0.2, -0.15) is 0 Å². The number of aryl methyl sites for hydroxylation is 2. The molecule has 1 aromatic heterocycles. The zero-order valence-electron chi connectivity index (χ0n) is 16.7. The lowest BCUT2D eigenvalue weighted by atomic mass is 10.0. The Morgan fingerprint density at radius 3 is 2.40 bits per heavy atom. The average Bonchev–Trinajstić information content (AvgIpc) is 2.73. The van der Waals surface area contributed by atoms with Crippen LogP contribution in [-0.4, -0.2) is 15.9 Å². The van der Waals surface area contributed by atoms with Crippen LogP contribution >= 0.6 is 0 Å². The molecule has 1 heterocycles. The fraction of sp³-hybridized carbons (Fsp3) is 0.0870. The second-order valence-electron chi connectivity index (χ2n) is 7.09. The topological polar surface area (TPSA) is 105 Å². The molecule has 0 aliphatic heterocycles. The number of fused-ring (bicyclic) bond motifs is 1. The van der Waals surface area contributed by atoms with Crippen LogP contribution in [0, 0.1) is 13.8 Å². The summed E-state index contributed by atoms with van der Waals surface area (Å²) in [5, 5.41) is 5.07. The van der Waals surface area contributed by atoms with Gasteiger partial charge < -0.3 is 11.1 Å². The minimum absolute atomic E-state index is 0.284. The summed E-state index contributed by atoms with van der Waals surface area (Å²) in [6.07, 6.45) is 1.38. The molecule has 0 radical (unpaired) electrons. The highest BCUT2D eigenvalue weighted by molar-refractivity contribution is 6.07. The van der Waals surface area contributed by atoms with E-state index in [1.54, 1.807) is 6.07 Å². The molecule has 0 bridgehead atoms. The maximum Gasteiger partial charge on any atom is 0.270 e. The Morgan fingerprint density at radius 2 is 1.60 bits per heavy atom. The van der Waals surface area contributed by atoms with E-state index in [0.717, 1.165) is 27.6 Å². The SMILES string of the molecule is Cc1cc(C)cc(Nc2ncnc(NNC(=O)c3cccc4ccccc34)c2N)c1. The number of nitrogens with one attached hydrogen (secondary N) is 3. The molecule has 0 aliphatic carbocycles. The molecular formula is C23H22N6O. The van der Waals surface area contributed by atoms with Crippen LogP contribution in [0.5, 0.6) is 0 Å². The number of carbonyl (C=O) groups is 1. The summed E-state index contributed by atoms with van der Waals surface area (Å²) >= 11 is 0. The summed E-state index contributed by atoms with van der Waals surface area (Å²) in [5.74, 6) is 0.482. The third-order valence-electron chi connectivity index (χ3n) is 4.70. The third kappa shape index (κ3) is 4.00. The summed E-state index contributed by atoms with van der Waals surface area (Å²) in [5.41, 5.74) is 15.7. The van der Waals surface area contributed by atoms with Crippen LogP contribution in [-0.2, 0) is 0 Å². The summed E-state index contributed by atoms with van der Waals surface area (Å²) in [6.45, 7) is 4.05. The van der Waals surface area contributed by atoms with E-state index in [1.807, 2.05) is 62.4 Å². The Morgan fingerprint density at radius 1 is 0.900 bits per heavy atom. The van der Waals surface area contributed by atoms with Gasteiger partial charge in [0.15, 0.2) is 11.6 Å². The number of hydrogen-bond donors (Lipinski definition) is 4. The Kier molecular flexibility index (Phi) is 5.17. The van der Waals surface area contributed by atoms with Crippen LogP contribution in [0.4, 0.5) is 23.0 Å². The number of hydrogen-bond acceptors (Lipinski definition) is 6. The molecule has 30 heavy (non-hydrogen) atoms. The average molecular weight is 398 g/mol. The third-order valence-corrected chi connectivity index (χ3v) is 4.70. The Balaban J connectivity index is 1.52. The number of nitrogens with zero attached hydrogens (tertiary/aromatic N) is 2. The van der Waals surface area contributed by atoms with Crippen LogP contribution in [0.2, 0.25) is 0 Å². The normalized spacial score (nSPS) is 10.6. The van der Waals surface area contributed by atoms with Crippen LogP contribution < -0.4 is 21.9 Å². The molecule has 0 spiro atoms. The fourth-order valence-corrected chi connectivity index (χ4v) is 3.39. The van der Waals surface area contributed by atoms with Gasteiger partial charge in [-0.3, -0.25) is 15.6 Å². The quantitative estimate of drug-likeness (QED) is 0.373. The predicted molar refractivity (Wildman–Crippen MR) is 121 cm³/mol. The minimum Gasteiger partial charge on any atom is -0.393 e. The highest BCUT2D eigenvalue weighted by Crippen LogP contribution is 2.26. The maximum atomic E-state index is 12.7. The minimum atomic E-state index is -0.284. The van der Waals surface area contributed by atoms with Crippen molar-refractivity contribution < 1.29 is 4.79 Å². The molecule has 0 saturated carbocycles. The lowest BCUT2D eigenvalue weighted by Crippen LogP contribution is -2.30. The van der Waals surface area contributed by atoms with Gasteiger partial charge in [-0.15, -0.1) is 0 Å². The van der Waals surface area contributed by atoms with Crippen LogP contribution in [0.25, 0.3) is 10.8 Å². The van der Waals surface area contributed by atoms with Crippen molar-refractivity contribution in [2.45, 2.75) is 13.8 Å². The van der Waals surface area contributed by atoms with Crippen molar-refractivity contribution in [1.82, 2.24) is 15.4 Å². The zero-order valence-corrected chi connectivity index (χ0v) is 16.7. The summed E-state index contributed by atoms with van der Waals surface area (Å²) in [4.78, 5) is 21.1. The predicted octanol–water partition coefficient (Wildman–Crippen LogP) is 4.33. The second-order valence-corrected chi connectivity index (χ2v) is 7.09. The van der Waals surface area contributed by atoms with E-state index in [0.29, 0.717) is 22.9 Å². The van der Waals surface area contributed by atoms with E-state index >= 15 is 0 Å². The fourth-order valence-electron chi connectivity index (χ4n) is 3.39. The molecule has 7 nitrogen and oxygen atoms in total. The van der Waals surface area contributed by atoms with E-state index < -0.39 is 0 Å². The van der Waals surface area contributed by atoms with Crippen molar-refractivity contribution in [3.63, 3.8) is 0 Å². The Labute approximate surface area is 174 Å². The molecule has 7 heteroatoms. The highest BCUT2D eigenvalue weighted by Gasteiger charge is 2.12. The van der Waals surface area contributed by atoms with E-state index in [1.165, 1.54) is 6.33 Å². The van der Waals surface area contributed by atoms with Gasteiger partial charge in [0.1, 0.15) is 12.0 Å². The zero-order chi connectivity index (χ0) is 21.1. The van der Waals surface area contributed by atoms with E-state index in [2.05, 4.69) is 32.2 Å². The Bertz CT molecular complexity index is 1210. The number of amides is 1. The van der Waals surface area contributed by atoms with Crippen molar-refractivity contribution in [2.75, 3.05) is 16.5 Å². The number of benzene rings is 3. The van der Waals surface area contributed by atoms with E-state index in [-0.39, 0.29) is 5.91 Å². The number of carbonyl (C=O) groups excluding carboxylic acids is 1. The summed E-state index contributed by atoms with van der Waals surface area (Å²) < 4.78 is 0. The first kappa shape index (κ1) is 19.2. The van der Waals surface area contributed by atoms with Crippen molar-refractivity contribution in [2.24, 2.45) is 0 Å². The van der Waals surface area contributed by atoms with Gasteiger partial charge in [-0.1, -0.05) is 42.5 Å². The van der Waals surface area contributed by atoms with Gasteiger partial charge in [0.2, 0.25) is 0 Å². The molecule has 0 aliphatic rings. The standard InChI is InChI=1S/C23H22N6O/c1-14-10-15(2)12-17(11-14)27-21-20(24)22(26-13-25-21)28-29-23(30)19-9-5-7-16-6-3-4-8-18(16)19/h3-13H,24H2,1-2H3,(H,29,30)(H2,25,26,27,28). The van der Waals surface area contributed by atoms with Gasteiger partial charge in [-0.25, -0.2) is 9.97 Å². The number of nitrogens with two attached hydrogens (primary N) is 1. The molecule has 1 amide bonds. The number of hydrazine groups is 1. The van der Waals surface area contributed by atoms with Crippen molar-refractivity contribution >= 4 is 39.7 Å². The molecule has 4 aromatic rings. The summed E-state index contributed by atoms with van der Waals surface area (Å²) in [7, 11) is 0. The van der Waals surface area contributed by atoms with Gasteiger partial charge in [0.25, 0.3) is 5.91 Å². The number of rotatable bonds is 5. The molecule has 150 valence electrons. The molecule has 3 aromatic carbocycles. The molecule has 0 saturated heterocycles. The van der Waals surface area contributed by atoms with Gasteiger partial charge >= 0.3 is 0 Å². The maximum absolute atomic E-state index is 12.7. The monoisotopic (exact) mass is 398 g/mol. The van der Waals surface area contributed by atoms with Crippen molar-refractivity contribution in [3.05, 3.63) is 83.7 Å². The summed E-state index contributed by atoms with van der Waals surface area (Å²) in [6, 6.07) is 19.4. The van der Waals surface area contributed by atoms with Crippen LogP contribution in [0.1, 0.15) is 21.5 Å². The molecular weight excluding hydrogens is 376 g/mol. The number of nitrogen functional groups attached to an aromatic ring is 1. The van der Waals surface area contributed by atoms with Gasteiger partial charge in [0.05, 0.1) is 0 Å². The smallest absolute Gasteiger partial charge is 0.270 e. The van der Waals surface area contributed by atoms with Gasteiger partial charge in [0, 0.05) is 11.3 Å². The first-order valence-electron chi connectivity index (χ1n) is 9.51. The lowest BCUT2D eigenvalue weighted by Gasteiger charge is -2.14. The second kappa shape index (κ2) is 8.08. The lowest BCUT2D eigenvalue weighted by molar-refractivity contribution is 0.0964. The molecule has 5 N–H and O–H groups in total. The Hall–Kier alpha value is -4.13. The molecule has 0 unspecified atom stereocenters. The molecule has 0 atom stereocenters. The van der Waals surface area contributed by atoms with Crippen LogP contribution in [0.15, 0.2) is 67.0 Å². The van der Waals surface area contributed by atoms with E-state index in [9.17, 15) is 4.79 Å². The molecule has 0 fully saturated rings. The first-order chi connectivity index (χ1) is 14.5. The van der Waals surface area contributed by atoms with Gasteiger partial charge in [-0.05, 0) is 53.9 Å². The largest absolute Gasteiger partial charge is 0.393 e. The first-order valence-corrected chi connectivity index (χ1v) is 9.51. The van der Waals surface area contributed by atoms with E-state index in [4.69, 9.17) is 5.73 Å². The number of anilines is 4. The number of aromatic nitrogens is 2. The van der Waals surface area contributed by atoms with Crippen molar-refractivity contribution in [3.8, 4) is 0 Å². The van der Waals surface area contributed by atoms with Crippen LogP contribution in [0.3, 0.4) is 0 Å². The highest BCUT2D eigenvalue weighted by atomic mass is 16.2. The molecule has 4 rings (SSSR count).